The lowest BCUT2D eigenvalue weighted by molar-refractivity contribution is -0.156. The van der Waals surface area contributed by atoms with Gasteiger partial charge in [-0.2, -0.15) is 0 Å². The molecule has 1 amide bonds. The van der Waals surface area contributed by atoms with Crippen LogP contribution in [0.5, 0.6) is 5.75 Å². The van der Waals surface area contributed by atoms with E-state index in [1.165, 1.54) is 11.0 Å². The number of hydrogen-bond acceptors (Lipinski definition) is 4. The lowest BCUT2D eigenvalue weighted by Gasteiger charge is -2.31. The summed E-state index contributed by atoms with van der Waals surface area (Å²) in [7, 11) is 0. The van der Waals surface area contributed by atoms with Gasteiger partial charge in [0.2, 0.25) is 5.91 Å². The van der Waals surface area contributed by atoms with Crippen molar-refractivity contribution < 1.29 is 24.2 Å². The van der Waals surface area contributed by atoms with Crippen molar-refractivity contribution in [3.05, 3.63) is 35.9 Å². The van der Waals surface area contributed by atoms with Crippen LogP contribution in [0.1, 0.15) is 12.5 Å². The normalized spacial score (nSPS) is 18.4. The number of rotatable bonds is 5. The highest BCUT2D eigenvalue weighted by atomic mass is 16.5. The number of ether oxygens (including phenoxy) is 2. The van der Waals surface area contributed by atoms with Crippen molar-refractivity contribution in [2.24, 2.45) is 0 Å². The van der Waals surface area contributed by atoms with E-state index in [2.05, 4.69) is 0 Å². The maximum absolute atomic E-state index is 12.2. The number of carboxylic acids is 1. The van der Waals surface area contributed by atoms with Gasteiger partial charge < -0.3 is 19.5 Å². The molecule has 6 heteroatoms. The zero-order chi connectivity index (χ0) is 15.9. The van der Waals surface area contributed by atoms with Gasteiger partial charge in [0.15, 0.2) is 6.04 Å². The van der Waals surface area contributed by atoms with Crippen LogP contribution in [0.4, 0.5) is 0 Å². The van der Waals surface area contributed by atoms with Gasteiger partial charge in [0.05, 0.1) is 19.8 Å². The third-order valence-corrected chi connectivity index (χ3v) is 3.31. The standard InChI is InChI=1S/C16H19NO5/c1-2-22-13-6-3-12(4-7-13)5-8-15(18)17-9-10-21-11-14(17)16(19)20/h3-8,14H,2,9-11H2,1H3,(H,19,20). The average molecular weight is 305 g/mol. The Hall–Kier alpha value is -2.34. The third-order valence-electron chi connectivity index (χ3n) is 3.31. The number of nitrogens with zero attached hydrogens (tertiary/aromatic N) is 1. The van der Waals surface area contributed by atoms with E-state index in [-0.39, 0.29) is 19.1 Å². The first-order valence-electron chi connectivity index (χ1n) is 7.14. The molecule has 1 aromatic carbocycles. The summed E-state index contributed by atoms with van der Waals surface area (Å²) in [5, 5.41) is 9.11. The van der Waals surface area contributed by atoms with E-state index >= 15 is 0 Å². The van der Waals surface area contributed by atoms with Gasteiger partial charge in [0.25, 0.3) is 0 Å². The van der Waals surface area contributed by atoms with Gasteiger partial charge >= 0.3 is 5.97 Å². The SMILES string of the molecule is CCOc1ccc(C=CC(=O)N2CCOCC2C(=O)O)cc1. The Bertz CT molecular complexity index is 552. The number of amides is 1. The maximum Gasteiger partial charge on any atom is 0.328 e. The van der Waals surface area contributed by atoms with E-state index in [1.54, 1.807) is 6.08 Å². The smallest absolute Gasteiger partial charge is 0.328 e. The number of carbonyl (C=O) groups excluding carboxylic acids is 1. The molecule has 0 bridgehead atoms. The molecule has 6 nitrogen and oxygen atoms in total. The molecule has 1 aliphatic rings. The maximum atomic E-state index is 12.2. The molecule has 0 saturated carbocycles. The predicted octanol–water partition coefficient (Wildman–Crippen LogP) is 1.41. The molecule has 118 valence electrons. The Morgan fingerprint density at radius 1 is 1.41 bits per heavy atom. The summed E-state index contributed by atoms with van der Waals surface area (Å²) in [6.45, 7) is 3.17. The second-order valence-corrected chi connectivity index (χ2v) is 4.80. The molecule has 2 rings (SSSR count). The lowest BCUT2D eigenvalue weighted by Crippen LogP contribution is -2.52. The Morgan fingerprint density at radius 2 is 2.14 bits per heavy atom. The van der Waals surface area contributed by atoms with Gasteiger partial charge in [-0.3, -0.25) is 4.79 Å². The second kappa shape index (κ2) is 7.61. The summed E-state index contributed by atoms with van der Waals surface area (Å²) < 4.78 is 10.5. The van der Waals surface area contributed by atoms with E-state index in [0.29, 0.717) is 13.2 Å². The van der Waals surface area contributed by atoms with Gasteiger partial charge in [-0.15, -0.1) is 0 Å². The van der Waals surface area contributed by atoms with Gasteiger partial charge in [-0.05, 0) is 30.7 Å². The molecular formula is C16H19NO5. The molecule has 1 fully saturated rings. The monoisotopic (exact) mass is 305 g/mol. The molecule has 1 N–H and O–H groups in total. The largest absolute Gasteiger partial charge is 0.494 e. The minimum Gasteiger partial charge on any atom is -0.494 e. The average Bonchev–Trinajstić information content (AvgIpc) is 2.54. The molecule has 1 unspecified atom stereocenters. The van der Waals surface area contributed by atoms with Crippen LogP contribution in [-0.4, -0.2) is 54.3 Å². The first kappa shape index (κ1) is 16.0. The quantitative estimate of drug-likeness (QED) is 0.832. The zero-order valence-corrected chi connectivity index (χ0v) is 12.4. The van der Waals surface area contributed by atoms with Crippen molar-refractivity contribution >= 4 is 18.0 Å². The van der Waals surface area contributed by atoms with E-state index in [0.717, 1.165) is 11.3 Å². The van der Waals surface area contributed by atoms with Gasteiger partial charge in [0.1, 0.15) is 5.75 Å². The number of aliphatic carboxylic acids is 1. The molecule has 1 atom stereocenters. The fourth-order valence-corrected chi connectivity index (χ4v) is 2.18. The van der Waals surface area contributed by atoms with E-state index in [4.69, 9.17) is 14.6 Å². The summed E-state index contributed by atoms with van der Waals surface area (Å²) in [5.41, 5.74) is 0.844. The minimum atomic E-state index is -1.05. The van der Waals surface area contributed by atoms with E-state index < -0.39 is 12.0 Å². The van der Waals surface area contributed by atoms with Crippen LogP contribution in [0.2, 0.25) is 0 Å². The number of benzene rings is 1. The van der Waals surface area contributed by atoms with Crippen molar-refractivity contribution in [3.8, 4) is 5.75 Å². The van der Waals surface area contributed by atoms with Crippen LogP contribution < -0.4 is 4.74 Å². The molecule has 1 aliphatic heterocycles. The highest BCUT2D eigenvalue weighted by Gasteiger charge is 2.31. The van der Waals surface area contributed by atoms with Gasteiger partial charge in [-0.25, -0.2) is 4.79 Å². The van der Waals surface area contributed by atoms with Crippen molar-refractivity contribution in [3.63, 3.8) is 0 Å². The highest BCUT2D eigenvalue weighted by Crippen LogP contribution is 2.14. The molecule has 0 aromatic heterocycles. The molecular weight excluding hydrogens is 286 g/mol. The second-order valence-electron chi connectivity index (χ2n) is 4.80. The number of carboxylic acid groups (broad SMARTS) is 1. The fourth-order valence-electron chi connectivity index (χ4n) is 2.18. The molecule has 0 aliphatic carbocycles. The summed E-state index contributed by atoms with van der Waals surface area (Å²) in [6, 6.07) is 6.39. The van der Waals surface area contributed by atoms with Crippen LogP contribution in [0, 0.1) is 0 Å². The Morgan fingerprint density at radius 3 is 2.77 bits per heavy atom. The molecule has 1 aromatic rings. The predicted molar refractivity (Wildman–Crippen MR) is 80.6 cm³/mol. The summed E-state index contributed by atoms with van der Waals surface area (Å²) in [4.78, 5) is 24.6. The van der Waals surface area contributed by atoms with E-state index in [9.17, 15) is 9.59 Å². The van der Waals surface area contributed by atoms with Crippen LogP contribution in [0.15, 0.2) is 30.3 Å². The van der Waals surface area contributed by atoms with E-state index in [1.807, 2.05) is 31.2 Å². The molecule has 22 heavy (non-hydrogen) atoms. The number of hydrogen-bond donors (Lipinski definition) is 1. The minimum absolute atomic E-state index is 0.0258. The number of carbonyl (C=O) groups is 2. The van der Waals surface area contributed by atoms with Crippen LogP contribution in [0.25, 0.3) is 6.08 Å². The van der Waals surface area contributed by atoms with Crippen molar-refractivity contribution in [1.29, 1.82) is 0 Å². The van der Waals surface area contributed by atoms with Crippen molar-refractivity contribution in [2.45, 2.75) is 13.0 Å². The third kappa shape index (κ3) is 4.08. The fraction of sp³-hybridized carbons (Fsp3) is 0.375. The van der Waals surface area contributed by atoms with Crippen LogP contribution in [-0.2, 0) is 14.3 Å². The Balaban J connectivity index is 2.01. The lowest BCUT2D eigenvalue weighted by atomic mass is 10.2. The molecule has 1 saturated heterocycles. The summed E-state index contributed by atoms with van der Waals surface area (Å²) in [6.07, 6.45) is 3.05. The zero-order valence-electron chi connectivity index (χ0n) is 12.4. The van der Waals surface area contributed by atoms with Crippen LogP contribution >= 0.6 is 0 Å². The van der Waals surface area contributed by atoms with Gasteiger partial charge in [0, 0.05) is 12.6 Å². The Labute approximate surface area is 128 Å². The number of morpholine rings is 1. The first-order chi connectivity index (χ1) is 10.6. The molecule has 0 spiro atoms. The molecule has 0 radical (unpaired) electrons. The molecule has 1 heterocycles. The highest BCUT2D eigenvalue weighted by molar-refractivity contribution is 5.94. The van der Waals surface area contributed by atoms with Crippen molar-refractivity contribution in [1.82, 2.24) is 4.90 Å². The summed E-state index contributed by atoms with van der Waals surface area (Å²) in [5.74, 6) is -0.614. The summed E-state index contributed by atoms with van der Waals surface area (Å²) >= 11 is 0. The van der Waals surface area contributed by atoms with Gasteiger partial charge in [-0.1, -0.05) is 12.1 Å². The topological polar surface area (TPSA) is 76.1 Å². The first-order valence-corrected chi connectivity index (χ1v) is 7.14. The van der Waals surface area contributed by atoms with Crippen LogP contribution in [0.3, 0.4) is 0 Å². The van der Waals surface area contributed by atoms with Crippen molar-refractivity contribution in [2.75, 3.05) is 26.4 Å². The Kier molecular flexibility index (Phi) is 5.55.